The molecule has 2 atom stereocenters. The molecule has 1 fully saturated rings. The first-order chi connectivity index (χ1) is 8.22. The van der Waals surface area contributed by atoms with Crippen LogP contribution >= 0.6 is 0 Å². The van der Waals surface area contributed by atoms with E-state index in [0.29, 0.717) is 6.04 Å². The number of para-hydroxylation sites is 1. The maximum atomic E-state index is 6.12. The molecule has 0 bridgehead atoms. The number of nitrogens with two attached hydrogens (primary N) is 1. The number of hydrogen-bond donors (Lipinski definition) is 2. The molecule has 2 heteroatoms. The van der Waals surface area contributed by atoms with E-state index >= 15 is 0 Å². The third kappa shape index (κ3) is 2.74. The molecule has 2 nitrogen and oxygen atoms in total. The van der Waals surface area contributed by atoms with Crippen LogP contribution in [0.2, 0.25) is 0 Å². The molecule has 3 N–H and O–H groups in total. The van der Waals surface area contributed by atoms with E-state index in [1.807, 2.05) is 0 Å². The molecular weight excluding hydrogens is 208 g/mol. The van der Waals surface area contributed by atoms with Crippen molar-refractivity contribution in [3.63, 3.8) is 0 Å². The summed E-state index contributed by atoms with van der Waals surface area (Å²) in [5.74, 6) is 0.809. The van der Waals surface area contributed by atoms with Crippen molar-refractivity contribution in [2.45, 2.75) is 52.0 Å². The number of rotatable bonds is 3. The Labute approximate surface area is 105 Å². The molecule has 0 amide bonds. The second-order valence-electron chi connectivity index (χ2n) is 5.24. The molecule has 0 radical (unpaired) electrons. The topological polar surface area (TPSA) is 38.0 Å². The minimum absolute atomic E-state index is 0.609. The first-order valence-corrected chi connectivity index (χ1v) is 6.84. The molecule has 1 aromatic rings. The van der Waals surface area contributed by atoms with Gasteiger partial charge < -0.3 is 11.1 Å². The van der Waals surface area contributed by atoms with Gasteiger partial charge in [-0.05, 0) is 37.3 Å². The minimum atomic E-state index is 0.609. The van der Waals surface area contributed by atoms with E-state index in [1.165, 1.54) is 37.7 Å². The maximum absolute atomic E-state index is 6.12. The highest BCUT2D eigenvalue weighted by Gasteiger charge is 2.23. The first-order valence-electron chi connectivity index (χ1n) is 6.84. The van der Waals surface area contributed by atoms with Gasteiger partial charge >= 0.3 is 0 Å². The highest BCUT2D eigenvalue weighted by molar-refractivity contribution is 5.69. The van der Waals surface area contributed by atoms with Gasteiger partial charge in [-0.1, -0.05) is 38.3 Å². The van der Waals surface area contributed by atoms with Crippen molar-refractivity contribution in [3.05, 3.63) is 23.8 Å². The fourth-order valence-corrected chi connectivity index (χ4v) is 2.89. The van der Waals surface area contributed by atoms with Crippen LogP contribution in [0.25, 0.3) is 0 Å². The Bertz CT molecular complexity index is 373. The van der Waals surface area contributed by atoms with Gasteiger partial charge in [-0.15, -0.1) is 0 Å². The summed E-state index contributed by atoms with van der Waals surface area (Å²) in [6.45, 7) is 4.36. The van der Waals surface area contributed by atoms with E-state index in [9.17, 15) is 0 Å². The SMILES string of the molecule is CCC1CCCCC1Nc1cccc(C)c1N. The van der Waals surface area contributed by atoms with Crippen molar-refractivity contribution < 1.29 is 0 Å². The van der Waals surface area contributed by atoms with Crippen molar-refractivity contribution in [3.8, 4) is 0 Å². The van der Waals surface area contributed by atoms with E-state index in [4.69, 9.17) is 5.73 Å². The van der Waals surface area contributed by atoms with Gasteiger partial charge in [0.25, 0.3) is 0 Å². The Morgan fingerprint density at radius 2 is 2.06 bits per heavy atom. The van der Waals surface area contributed by atoms with Gasteiger partial charge in [0.05, 0.1) is 11.4 Å². The van der Waals surface area contributed by atoms with Gasteiger partial charge in [-0.3, -0.25) is 0 Å². The average molecular weight is 232 g/mol. The molecule has 0 saturated heterocycles. The minimum Gasteiger partial charge on any atom is -0.397 e. The van der Waals surface area contributed by atoms with Crippen LogP contribution in [0.1, 0.15) is 44.6 Å². The molecule has 0 aromatic heterocycles. The molecule has 0 heterocycles. The van der Waals surface area contributed by atoms with Crippen molar-refractivity contribution in [1.29, 1.82) is 0 Å². The lowest BCUT2D eigenvalue weighted by Crippen LogP contribution is -2.32. The normalized spacial score (nSPS) is 24.6. The fourth-order valence-electron chi connectivity index (χ4n) is 2.89. The second-order valence-corrected chi connectivity index (χ2v) is 5.24. The molecule has 2 rings (SSSR count). The Morgan fingerprint density at radius 3 is 2.82 bits per heavy atom. The summed E-state index contributed by atoms with van der Waals surface area (Å²) in [6.07, 6.45) is 6.65. The summed E-state index contributed by atoms with van der Waals surface area (Å²) >= 11 is 0. The molecule has 0 spiro atoms. The zero-order valence-electron chi connectivity index (χ0n) is 11.0. The van der Waals surface area contributed by atoms with E-state index < -0.39 is 0 Å². The Kier molecular flexibility index (Phi) is 3.93. The standard InChI is InChI=1S/C15H24N2/c1-3-12-8-4-5-9-13(12)17-14-10-6-7-11(2)15(14)16/h6-7,10,12-13,17H,3-5,8-9,16H2,1-2H3. The summed E-state index contributed by atoms with van der Waals surface area (Å²) in [6, 6.07) is 6.86. The summed E-state index contributed by atoms with van der Waals surface area (Å²) in [5.41, 5.74) is 9.32. The number of anilines is 2. The fraction of sp³-hybridized carbons (Fsp3) is 0.600. The number of aryl methyl sites for hydroxylation is 1. The van der Waals surface area contributed by atoms with Crippen LogP contribution in [0.5, 0.6) is 0 Å². The second kappa shape index (κ2) is 5.44. The summed E-state index contributed by atoms with van der Waals surface area (Å²) in [5, 5.41) is 3.67. The predicted octanol–water partition coefficient (Wildman–Crippen LogP) is 3.96. The Morgan fingerprint density at radius 1 is 1.29 bits per heavy atom. The number of benzene rings is 1. The quantitative estimate of drug-likeness (QED) is 0.774. The summed E-state index contributed by atoms with van der Waals surface area (Å²) in [4.78, 5) is 0. The van der Waals surface area contributed by atoms with Crippen molar-refractivity contribution in [1.82, 2.24) is 0 Å². The van der Waals surface area contributed by atoms with Gasteiger partial charge in [0.1, 0.15) is 0 Å². The highest BCUT2D eigenvalue weighted by Crippen LogP contribution is 2.31. The van der Waals surface area contributed by atoms with Gasteiger partial charge in [0.2, 0.25) is 0 Å². The lowest BCUT2D eigenvalue weighted by molar-refractivity contribution is 0.317. The lowest BCUT2D eigenvalue weighted by Gasteiger charge is -2.32. The van der Waals surface area contributed by atoms with Crippen LogP contribution < -0.4 is 11.1 Å². The number of nitrogens with one attached hydrogen (secondary N) is 1. The molecule has 2 unspecified atom stereocenters. The van der Waals surface area contributed by atoms with Gasteiger partial charge in [0, 0.05) is 6.04 Å². The van der Waals surface area contributed by atoms with E-state index in [2.05, 4.69) is 37.4 Å². The Hall–Kier alpha value is -1.18. The number of hydrogen-bond acceptors (Lipinski definition) is 2. The third-order valence-corrected chi connectivity index (χ3v) is 4.10. The predicted molar refractivity (Wildman–Crippen MR) is 75.3 cm³/mol. The van der Waals surface area contributed by atoms with Crippen LogP contribution in [0.3, 0.4) is 0 Å². The highest BCUT2D eigenvalue weighted by atomic mass is 14.9. The average Bonchev–Trinajstić information content (AvgIpc) is 2.35. The van der Waals surface area contributed by atoms with Crippen molar-refractivity contribution in [2.75, 3.05) is 11.1 Å². The van der Waals surface area contributed by atoms with Crippen molar-refractivity contribution >= 4 is 11.4 Å². The molecule has 1 saturated carbocycles. The van der Waals surface area contributed by atoms with Crippen LogP contribution in [-0.2, 0) is 0 Å². The van der Waals surface area contributed by atoms with E-state index in [0.717, 1.165) is 17.3 Å². The summed E-state index contributed by atoms with van der Waals surface area (Å²) < 4.78 is 0. The maximum Gasteiger partial charge on any atom is 0.0579 e. The van der Waals surface area contributed by atoms with Crippen LogP contribution in [0, 0.1) is 12.8 Å². The van der Waals surface area contributed by atoms with Crippen molar-refractivity contribution in [2.24, 2.45) is 5.92 Å². The first kappa shape index (κ1) is 12.3. The monoisotopic (exact) mass is 232 g/mol. The third-order valence-electron chi connectivity index (χ3n) is 4.10. The zero-order valence-corrected chi connectivity index (χ0v) is 11.0. The van der Waals surface area contributed by atoms with Crippen LogP contribution in [0.4, 0.5) is 11.4 Å². The van der Waals surface area contributed by atoms with E-state index in [1.54, 1.807) is 0 Å². The smallest absolute Gasteiger partial charge is 0.0579 e. The molecule has 1 aliphatic carbocycles. The molecule has 94 valence electrons. The number of nitrogen functional groups attached to an aromatic ring is 1. The van der Waals surface area contributed by atoms with Gasteiger partial charge in [-0.2, -0.15) is 0 Å². The van der Waals surface area contributed by atoms with Crippen LogP contribution in [0.15, 0.2) is 18.2 Å². The lowest BCUT2D eigenvalue weighted by atomic mass is 9.82. The Balaban J connectivity index is 2.11. The molecule has 1 aromatic carbocycles. The summed E-state index contributed by atoms with van der Waals surface area (Å²) in [7, 11) is 0. The molecule has 0 aliphatic heterocycles. The molecular formula is C15H24N2. The molecule has 17 heavy (non-hydrogen) atoms. The molecule has 1 aliphatic rings. The van der Waals surface area contributed by atoms with Gasteiger partial charge in [0.15, 0.2) is 0 Å². The van der Waals surface area contributed by atoms with Gasteiger partial charge in [-0.25, -0.2) is 0 Å². The zero-order chi connectivity index (χ0) is 12.3. The van der Waals surface area contributed by atoms with E-state index in [-0.39, 0.29) is 0 Å². The largest absolute Gasteiger partial charge is 0.397 e. The van der Waals surface area contributed by atoms with Crippen LogP contribution in [-0.4, -0.2) is 6.04 Å².